The zero-order valence-electron chi connectivity index (χ0n) is 11.9. The fraction of sp³-hybridized carbons (Fsp3) is 0.333. The third-order valence-corrected chi connectivity index (χ3v) is 3.12. The topological polar surface area (TPSA) is 67.2 Å². The van der Waals surface area contributed by atoms with Crippen LogP contribution in [0.3, 0.4) is 0 Å². The number of aromatic nitrogens is 2. The zero-order valence-corrected chi connectivity index (χ0v) is 11.9. The number of carbonyl (C=O) groups excluding carboxylic acids is 1. The monoisotopic (exact) mass is 273 g/mol. The van der Waals surface area contributed by atoms with Gasteiger partial charge in [0.1, 0.15) is 5.69 Å². The Balaban J connectivity index is 2.25. The zero-order chi connectivity index (χ0) is 14.7. The Labute approximate surface area is 118 Å². The third kappa shape index (κ3) is 2.88. The quantitative estimate of drug-likeness (QED) is 0.899. The van der Waals surface area contributed by atoms with Gasteiger partial charge in [-0.1, -0.05) is 12.1 Å². The second-order valence-electron chi connectivity index (χ2n) is 5.02. The van der Waals surface area contributed by atoms with E-state index in [2.05, 4.69) is 10.4 Å². The van der Waals surface area contributed by atoms with Gasteiger partial charge in [0.25, 0.3) is 5.91 Å². The van der Waals surface area contributed by atoms with E-state index in [-0.39, 0.29) is 18.6 Å². The van der Waals surface area contributed by atoms with Crippen LogP contribution in [0.2, 0.25) is 0 Å². The van der Waals surface area contributed by atoms with E-state index in [0.29, 0.717) is 11.4 Å². The van der Waals surface area contributed by atoms with Gasteiger partial charge >= 0.3 is 0 Å². The molecule has 1 aromatic carbocycles. The van der Waals surface area contributed by atoms with Crippen LogP contribution in [0.15, 0.2) is 30.5 Å². The summed E-state index contributed by atoms with van der Waals surface area (Å²) in [4.78, 5) is 12.3. The molecular weight excluding hydrogens is 254 g/mol. The fourth-order valence-electron chi connectivity index (χ4n) is 1.99. The van der Waals surface area contributed by atoms with E-state index in [1.807, 2.05) is 32.9 Å². The van der Waals surface area contributed by atoms with Crippen molar-refractivity contribution in [1.29, 1.82) is 0 Å². The number of carbonyl (C=O) groups is 1. The number of rotatable bonds is 4. The number of nitrogens with zero attached hydrogens (tertiary/aromatic N) is 2. The van der Waals surface area contributed by atoms with E-state index in [0.717, 1.165) is 11.1 Å². The summed E-state index contributed by atoms with van der Waals surface area (Å²) in [7, 11) is 0. The minimum atomic E-state index is -0.200. The molecule has 0 saturated carbocycles. The van der Waals surface area contributed by atoms with E-state index in [1.165, 1.54) is 0 Å². The molecule has 20 heavy (non-hydrogen) atoms. The Hall–Kier alpha value is -2.14. The number of aliphatic hydroxyl groups is 1. The normalized spacial score (nSPS) is 10.8. The molecule has 0 unspecified atom stereocenters. The molecule has 0 radical (unpaired) electrons. The first-order chi connectivity index (χ1) is 9.52. The molecule has 0 fully saturated rings. The number of aryl methyl sites for hydroxylation is 1. The van der Waals surface area contributed by atoms with Crippen LogP contribution >= 0.6 is 0 Å². The van der Waals surface area contributed by atoms with Crippen LogP contribution in [0.25, 0.3) is 0 Å². The van der Waals surface area contributed by atoms with Gasteiger partial charge < -0.3 is 10.4 Å². The molecule has 5 nitrogen and oxygen atoms in total. The average molecular weight is 273 g/mol. The highest BCUT2D eigenvalue weighted by molar-refractivity contribution is 6.03. The van der Waals surface area contributed by atoms with E-state index >= 15 is 0 Å². The molecule has 1 aromatic heterocycles. The van der Waals surface area contributed by atoms with Crippen molar-refractivity contribution in [2.45, 2.75) is 33.4 Å². The number of amides is 1. The van der Waals surface area contributed by atoms with Gasteiger partial charge in [-0.2, -0.15) is 5.10 Å². The van der Waals surface area contributed by atoms with Crippen molar-refractivity contribution in [2.24, 2.45) is 0 Å². The summed E-state index contributed by atoms with van der Waals surface area (Å²) in [5.74, 6) is -0.200. The van der Waals surface area contributed by atoms with E-state index in [4.69, 9.17) is 5.11 Å². The number of nitrogens with one attached hydrogen (secondary N) is 1. The predicted molar refractivity (Wildman–Crippen MR) is 77.7 cm³/mol. The first kappa shape index (κ1) is 14.3. The highest BCUT2D eigenvalue weighted by Crippen LogP contribution is 2.18. The van der Waals surface area contributed by atoms with E-state index in [9.17, 15) is 4.79 Å². The molecule has 2 aromatic rings. The average Bonchev–Trinajstić information content (AvgIpc) is 2.90. The summed E-state index contributed by atoms with van der Waals surface area (Å²) in [5.41, 5.74) is 2.95. The fourth-order valence-corrected chi connectivity index (χ4v) is 1.99. The van der Waals surface area contributed by atoms with Crippen LogP contribution in [0.5, 0.6) is 0 Å². The molecule has 0 saturated heterocycles. The molecule has 0 aliphatic carbocycles. The van der Waals surface area contributed by atoms with Gasteiger partial charge in [0.15, 0.2) is 0 Å². The third-order valence-electron chi connectivity index (χ3n) is 3.12. The number of aliphatic hydroxyl groups excluding tert-OH is 1. The summed E-state index contributed by atoms with van der Waals surface area (Å²) in [6.07, 6.45) is 1.62. The van der Waals surface area contributed by atoms with Crippen molar-refractivity contribution in [3.63, 3.8) is 0 Å². The lowest BCUT2D eigenvalue weighted by Crippen LogP contribution is -2.19. The molecule has 2 N–H and O–H groups in total. The van der Waals surface area contributed by atoms with Crippen molar-refractivity contribution in [2.75, 3.05) is 5.32 Å². The smallest absolute Gasteiger partial charge is 0.273 e. The lowest BCUT2D eigenvalue weighted by Gasteiger charge is -2.13. The van der Waals surface area contributed by atoms with Crippen LogP contribution in [-0.4, -0.2) is 20.8 Å². The van der Waals surface area contributed by atoms with Gasteiger partial charge in [-0.3, -0.25) is 9.48 Å². The first-order valence-electron chi connectivity index (χ1n) is 6.58. The van der Waals surface area contributed by atoms with E-state index < -0.39 is 0 Å². The largest absolute Gasteiger partial charge is 0.392 e. The molecule has 1 heterocycles. The van der Waals surface area contributed by atoms with Crippen LogP contribution in [-0.2, 0) is 6.61 Å². The van der Waals surface area contributed by atoms with Gasteiger partial charge in [-0.25, -0.2) is 0 Å². The maximum absolute atomic E-state index is 12.3. The highest BCUT2D eigenvalue weighted by atomic mass is 16.3. The SMILES string of the molecule is Cc1ccc(CO)cc1NC(=O)c1ccnn1C(C)C. The Morgan fingerprint density at radius 3 is 2.80 bits per heavy atom. The van der Waals surface area contributed by atoms with Gasteiger partial charge in [0.2, 0.25) is 0 Å². The van der Waals surface area contributed by atoms with Gasteiger partial charge in [-0.15, -0.1) is 0 Å². The summed E-state index contributed by atoms with van der Waals surface area (Å²) in [5, 5.41) is 16.2. The summed E-state index contributed by atoms with van der Waals surface area (Å²) >= 11 is 0. The number of anilines is 1. The lowest BCUT2D eigenvalue weighted by atomic mass is 10.1. The molecule has 1 amide bonds. The van der Waals surface area contributed by atoms with Crippen molar-refractivity contribution in [3.8, 4) is 0 Å². The Morgan fingerprint density at radius 2 is 2.15 bits per heavy atom. The maximum atomic E-state index is 12.3. The molecule has 0 aliphatic rings. The molecular formula is C15H19N3O2. The Kier molecular flexibility index (Phi) is 4.20. The van der Waals surface area contributed by atoms with Crippen LogP contribution in [0, 0.1) is 6.92 Å². The molecule has 2 rings (SSSR count). The summed E-state index contributed by atoms with van der Waals surface area (Å²) < 4.78 is 1.68. The van der Waals surface area contributed by atoms with Crippen molar-refractivity contribution >= 4 is 11.6 Å². The number of benzene rings is 1. The van der Waals surface area contributed by atoms with Crippen LogP contribution in [0.1, 0.15) is 41.5 Å². The Morgan fingerprint density at radius 1 is 1.40 bits per heavy atom. The van der Waals surface area contributed by atoms with Gasteiger partial charge in [-0.05, 0) is 44.0 Å². The molecule has 0 atom stereocenters. The molecule has 0 spiro atoms. The lowest BCUT2D eigenvalue weighted by molar-refractivity contribution is 0.101. The predicted octanol–water partition coefficient (Wildman–Crippen LogP) is 2.52. The molecule has 0 bridgehead atoms. The Bertz CT molecular complexity index is 617. The van der Waals surface area contributed by atoms with Crippen LogP contribution in [0.4, 0.5) is 5.69 Å². The van der Waals surface area contributed by atoms with Crippen molar-refractivity contribution < 1.29 is 9.90 Å². The van der Waals surface area contributed by atoms with Crippen molar-refractivity contribution in [3.05, 3.63) is 47.3 Å². The standard InChI is InChI=1S/C15H19N3O2/c1-10(2)18-14(6-7-16-18)15(20)17-13-8-12(9-19)5-4-11(13)3/h4-8,10,19H,9H2,1-3H3,(H,17,20). The molecule has 5 heteroatoms. The van der Waals surface area contributed by atoms with Crippen LogP contribution < -0.4 is 5.32 Å². The number of hydrogen-bond acceptors (Lipinski definition) is 3. The maximum Gasteiger partial charge on any atom is 0.273 e. The summed E-state index contributed by atoms with van der Waals surface area (Å²) in [6.45, 7) is 5.81. The first-order valence-corrected chi connectivity index (χ1v) is 6.58. The summed E-state index contributed by atoms with van der Waals surface area (Å²) in [6, 6.07) is 7.31. The minimum absolute atomic E-state index is 0.0485. The highest BCUT2D eigenvalue weighted by Gasteiger charge is 2.15. The van der Waals surface area contributed by atoms with Crippen molar-refractivity contribution in [1.82, 2.24) is 9.78 Å². The molecule has 106 valence electrons. The second-order valence-corrected chi connectivity index (χ2v) is 5.02. The number of hydrogen-bond donors (Lipinski definition) is 2. The molecule has 0 aliphatic heterocycles. The van der Waals surface area contributed by atoms with Gasteiger partial charge in [0.05, 0.1) is 6.61 Å². The van der Waals surface area contributed by atoms with Gasteiger partial charge in [0, 0.05) is 17.9 Å². The van der Waals surface area contributed by atoms with E-state index in [1.54, 1.807) is 23.0 Å². The minimum Gasteiger partial charge on any atom is -0.392 e. The second kappa shape index (κ2) is 5.88.